The molecule has 3 aliphatic carbocycles. The molecule has 1 spiro atoms. The highest BCUT2D eigenvalue weighted by Crippen LogP contribution is 2.63. The van der Waals surface area contributed by atoms with Crippen molar-refractivity contribution in [2.24, 2.45) is 5.41 Å². The van der Waals surface area contributed by atoms with Crippen molar-refractivity contribution in [3.63, 3.8) is 0 Å². The van der Waals surface area contributed by atoms with E-state index in [4.69, 9.17) is 4.74 Å². The molecular formula is C22H24BrF2N3O4. The summed E-state index contributed by atoms with van der Waals surface area (Å²) in [5.74, 6) is -2.73. The summed E-state index contributed by atoms with van der Waals surface area (Å²) in [6, 6.07) is 4.96. The van der Waals surface area contributed by atoms with Gasteiger partial charge in [0.25, 0.3) is 5.56 Å². The van der Waals surface area contributed by atoms with E-state index in [0.717, 1.165) is 9.15 Å². The van der Waals surface area contributed by atoms with E-state index in [-0.39, 0.29) is 48.7 Å². The van der Waals surface area contributed by atoms with E-state index in [9.17, 15) is 23.5 Å². The van der Waals surface area contributed by atoms with E-state index in [1.165, 1.54) is 0 Å². The van der Waals surface area contributed by atoms with Gasteiger partial charge in [0, 0.05) is 23.4 Å². The van der Waals surface area contributed by atoms with Crippen LogP contribution in [0.4, 0.5) is 8.78 Å². The lowest BCUT2D eigenvalue weighted by Gasteiger charge is -2.56. The number of aliphatic hydroxyl groups is 1. The van der Waals surface area contributed by atoms with Gasteiger partial charge >= 0.3 is 0 Å². The number of aromatic nitrogens is 2. The summed E-state index contributed by atoms with van der Waals surface area (Å²) < 4.78 is 34.4. The van der Waals surface area contributed by atoms with E-state index < -0.39 is 17.1 Å². The first-order chi connectivity index (χ1) is 14.9. The molecule has 0 bridgehead atoms. The number of nitrogens with zero attached hydrogens (tertiary/aromatic N) is 2. The van der Waals surface area contributed by atoms with Crippen molar-refractivity contribution >= 4 is 32.6 Å². The van der Waals surface area contributed by atoms with Crippen LogP contribution < -0.4 is 15.6 Å². The quantitative estimate of drug-likeness (QED) is 0.643. The van der Waals surface area contributed by atoms with E-state index >= 15 is 0 Å². The molecule has 3 fully saturated rings. The van der Waals surface area contributed by atoms with Gasteiger partial charge < -0.3 is 15.2 Å². The third-order valence-electron chi connectivity index (χ3n) is 6.79. The Bertz CT molecular complexity index is 1140. The molecule has 2 aromatic rings. The Kier molecular flexibility index (Phi) is 4.91. The van der Waals surface area contributed by atoms with Gasteiger partial charge in [-0.15, -0.1) is 5.10 Å². The Morgan fingerprint density at radius 3 is 2.59 bits per heavy atom. The molecule has 32 heavy (non-hydrogen) atoms. The molecule has 172 valence electrons. The van der Waals surface area contributed by atoms with Gasteiger partial charge in [-0.2, -0.15) is 0 Å². The molecule has 5 rings (SSSR count). The molecule has 0 unspecified atom stereocenters. The topological polar surface area (TPSA) is 93.5 Å². The van der Waals surface area contributed by atoms with Crippen molar-refractivity contribution in [2.45, 2.75) is 75.7 Å². The molecule has 1 aromatic heterocycles. The Balaban J connectivity index is 1.35. The Morgan fingerprint density at radius 2 is 1.97 bits per heavy atom. The van der Waals surface area contributed by atoms with Gasteiger partial charge in [-0.3, -0.25) is 9.59 Å². The standard InChI is InChI=1S/C22H24BrF2N3O4/c1-20(31)5-13(6-20)26-17(29)9-28-19(30)15-3-2-12(23)4-16(15)18(27-28)32-14-7-21(8-14)10-22(24,25)11-21/h2-4,13-14,31H,5-11H2,1H3,(H,26,29). The first-order valence-electron chi connectivity index (χ1n) is 10.7. The van der Waals surface area contributed by atoms with Crippen LogP contribution in [0.25, 0.3) is 10.8 Å². The molecule has 1 aromatic carbocycles. The summed E-state index contributed by atoms with van der Waals surface area (Å²) in [5, 5.41) is 17.8. The number of carbonyl (C=O) groups is 1. The molecule has 10 heteroatoms. The average Bonchev–Trinajstić information content (AvgIpc) is 2.60. The molecule has 7 nitrogen and oxygen atoms in total. The molecule has 2 N–H and O–H groups in total. The second-order valence-corrected chi connectivity index (χ2v) is 10.9. The van der Waals surface area contributed by atoms with Crippen LogP contribution in [0, 0.1) is 5.41 Å². The van der Waals surface area contributed by atoms with Gasteiger partial charge in [0.15, 0.2) is 0 Å². The minimum atomic E-state index is -2.57. The van der Waals surface area contributed by atoms with E-state index in [0.29, 0.717) is 36.5 Å². The third-order valence-corrected chi connectivity index (χ3v) is 7.28. The zero-order chi connectivity index (χ0) is 22.9. The number of benzene rings is 1. The van der Waals surface area contributed by atoms with Gasteiger partial charge in [0.05, 0.1) is 16.4 Å². The number of ether oxygens (including phenoxy) is 1. The molecule has 3 saturated carbocycles. The molecule has 1 amide bonds. The van der Waals surface area contributed by atoms with E-state index in [1.54, 1.807) is 25.1 Å². The monoisotopic (exact) mass is 511 g/mol. The minimum Gasteiger partial charge on any atom is -0.473 e. The number of hydrogen-bond donors (Lipinski definition) is 2. The van der Waals surface area contributed by atoms with Crippen LogP contribution in [-0.4, -0.2) is 44.5 Å². The fourth-order valence-corrected chi connectivity index (χ4v) is 5.78. The highest BCUT2D eigenvalue weighted by Gasteiger charge is 2.62. The summed E-state index contributed by atoms with van der Waals surface area (Å²) in [5.41, 5.74) is -1.53. The second-order valence-electron chi connectivity index (χ2n) is 9.99. The van der Waals surface area contributed by atoms with Crippen LogP contribution in [0.2, 0.25) is 0 Å². The summed E-state index contributed by atoms with van der Waals surface area (Å²) in [4.78, 5) is 25.4. The second kappa shape index (κ2) is 7.21. The fraction of sp³-hybridized carbons (Fsp3) is 0.591. The number of rotatable bonds is 5. The predicted molar refractivity (Wildman–Crippen MR) is 116 cm³/mol. The van der Waals surface area contributed by atoms with Gasteiger partial charge in [0.2, 0.25) is 17.7 Å². The van der Waals surface area contributed by atoms with Crippen LogP contribution in [0.1, 0.15) is 45.4 Å². The maximum atomic E-state index is 13.3. The van der Waals surface area contributed by atoms with Crippen LogP contribution >= 0.6 is 15.9 Å². The van der Waals surface area contributed by atoms with Crippen molar-refractivity contribution in [2.75, 3.05) is 0 Å². The lowest BCUT2D eigenvalue weighted by Crippen LogP contribution is -2.57. The Labute approximate surface area is 191 Å². The highest BCUT2D eigenvalue weighted by molar-refractivity contribution is 9.10. The normalized spacial score (nSPS) is 28.0. The van der Waals surface area contributed by atoms with Crippen molar-refractivity contribution in [3.8, 4) is 5.88 Å². The molecule has 0 aliphatic heterocycles. The van der Waals surface area contributed by atoms with E-state index in [1.807, 2.05) is 0 Å². The molecule has 3 aliphatic rings. The van der Waals surface area contributed by atoms with Crippen molar-refractivity contribution in [3.05, 3.63) is 33.0 Å². The maximum absolute atomic E-state index is 13.3. The van der Waals surface area contributed by atoms with Gasteiger partial charge in [-0.05, 0) is 56.2 Å². The first kappa shape index (κ1) is 21.8. The first-order valence-corrected chi connectivity index (χ1v) is 11.5. The van der Waals surface area contributed by atoms with Gasteiger partial charge in [0.1, 0.15) is 12.6 Å². The van der Waals surface area contributed by atoms with Crippen molar-refractivity contribution in [1.82, 2.24) is 15.1 Å². The third kappa shape index (κ3) is 4.03. The lowest BCUT2D eigenvalue weighted by atomic mass is 9.53. The van der Waals surface area contributed by atoms with Crippen molar-refractivity contribution in [1.29, 1.82) is 0 Å². The molecule has 1 heterocycles. The van der Waals surface area contributed by atoms with Crippen LogP contribution in [0.15, 0.2) is 27.5 Å². The summed E-state index contributed by atoms with van der Waals surface area (Å²) >= 11 is 3.39. The number of alkyl halides is 2. The predicted octanol–water partition coefficient (Wildman–Crippen LogP) is 3.15. The fourth-order valence-electron chi connectivity index (χ4n) is 5.42. The SMILES string of the molecule is CC1(O)CC(NC(=O)Cn2nc(OC3CC4(C3)CC(F)(F)C4)c3cc(Br)ccc3c2=O)C1. The molecule has 0 radical (unpaired) electrons. The molecular weight excluding hydrogens is 488 g/mol. The molecule has 0 atom stereocenters. The maximum Gasteiger partial charge on any atom is 0.275 e. The summed E-state index contributed by atoms with van der Waals surface area (Å²) in [6.07, 6.45) is 1.52. The van der Waals surface area contributed by atoms with E-state index in [2.05, 4.69) is 26.3 Å². The van der Waals surface area contributed by atoms with Gasteiger partial charge in [-0.25, -0.2) is 13.5 Å². The minimum absolute atomic E-state index is 0.104. The number of hydrogen-bond acceptors (Lipinski definition) is 5. The number of halogens is 3. The van der Waals surface area contributed by atoms with Crippen LogP contribution in [0.5, 0.6) is 5.88 Å². The Morgan fingerprint density at radius 1 is 1.28 bits per heavy atom. The summed E-state index contributed by atoms with van der Waals surface area (Å²) in [7, 11) is 0. The lowest BCUT2D eigenvalue weighted by molar-refractivity contribution is -0.215. The van der Waals surface area contributed by atoms with Gasteiger partial charge in [-0.1, -0.05) is 15.9 Å². The number of amides is 1. The summed E-state index contributed by atoms with van der Waals surface area (Å²) in [6.45, 7) is 1.43. The highest BCUT2D eigenvalue weighted by atomic mass is 79.9. The molecule has 0 saturated heterocycles. The van der Waals surface area contributed by atoms with Crippen molar-refractivity contribution < 1.29 is 23.4 Å². The number of fused-ring (bicyclic) bond motifs is 1. The van der Waals surface area contributed by atoms with Crippen LogP contribution in [-0.2, 0) is 11.3 Å². The van der Waals surface area contributed by atoms with Crippen LogP contribution in [0.3, 0.4) is 0 Å². The number of nitrogens with one attached hydrogen (secondary N) is 1. The number of carbonyl (C=O) groups excluding carboxylic acids is 1. The largest absolute Gasteiger partial charge is 0.473 e. The average molecular weight is 512 g/mol. The zero-order valence-electron chi connectivity index (χ0n) is 17.5. The zero-order valence-corrected chi connectivity index (χ0v) is 19.1. The Hall–Kier alpha value is -2.07. The smallest absolute Gasteiger partial charge is 0.275 e.